The van der Waals surface area contributed by atoms with Gasteiger partial charge >= 0.3 is 0 Å². The van der Waals surface area contributed by atoms with Gasteiger partial charge in [0.25, 0.3) is 0 Å². The molecule has 0 unspecified atom stereocenters. The van der Waals surface area contributed by atoms with Crippen molar-refractivity contribution in [3.05, 3.63) is 34.7 Å². The van der Waals surface area contributed by atoms with E-state index in [0.717, 1.165) is 29.0 Å². The molecule has 0 radical (unpaired) electrons. The molecule has 6 heteroatoms. The van der Waals surface area contributed by atoms with E-state index < -0.39 is 5.54 Å². The molecule has 1 aliphatic rings. The molecule has 1 aromatic heterocycles. The minimum atomic E-state index is -0.861. The summed E-state index contributed by atoms with van der Waals surface area (Å²) in [6, 6.07) is 8.49. The van der Waals surface area contributed by atoms with E-state index in [1.54, 1.807) is 0 Å². The number of hydrogen-bond donors (Lipinski definition) is 2. The van der Waals surface area contributed by atoms with Crippen molar-refractivity contribution in [1.82, 2.24) is 4.98 Å². The van der Waals surface area contributed by atoms with Crippen LogP contribution in [0.3, 0.4) is 0 Å². The average Bonchev–Trinajstić information content (AvgIpc) is 2.97. The van der Waals surface area contributed by atoms with E-state index in [4.69, 9.17) is 10.5 Å². The minimum absolute atomic E-state index is 0.172. The van der Waals surface area contributed by atoms with E-state index in [9.17, 15) is 4.79 Å². The van der Waals surface area contributed by atoms with Crippen LogP contribution < -0.4 is 11.1 Å². The maximum atomic E-state index is 12.5. The van der Waals surface area contributed by atoms with Crippen LogP contribution in [0.25, 0.3) is 11.3 Å². The van der Waals surface area contributed by atoms with Crippen molar-refractivity contribution in [1.29, 1.82) is 0 Å². The smallest absolute Gasteiger partial charge is 0.246 e. The Hall–Kier alpha value is -1.76. The van der Waals surface area contributed by atoms with Crippen LogP contribution in [0, 0.1) is 6.92 Å². The topological polar surface area (TPSA) is 77.2 Å². The third kappa shape index (κ3) is 4.08. The molecule has 2 heterocycles. The molecule has 1 aromatic carbocycles. The van der Waals surface area contributed by atoms with Crippen LogP contribution in [-0.2, 0) is 16.0 Å². The zero-order valence-electron chi connectivity index (χ0n) is 14.8. The maximum absolute atomic E-state index is 12.5. The fourth-order valence-electron chi connectivity index (χ4n) is 3.02. The summed E-state index contributed by atoms with van der Waals surface area (Å²) in [6.45, 7) is 5.25. The number of ether oxygens (including phenoxy) is 1. The van der Waals surface area contributed by atoms with Crippen molar-refractivity contribution in [3.8, 4) is 11.3 Å². The molecule has 3 rings (SSSR count). The predicted octanol–water partition coefficient (Wildman–Crippen LogP) is 3.52. The van der Waals surface area contributed by atoms with Gasteiger partial charge in [-0.3, -0.25) is 4.79 Å². The monoisotopic (exact) mass is 359 g/mol. The number of nitrogens with zero attached hydrogens (tertiary/aromatic N) is 1. The third-order valence-electron chi connectivity index (χ3n) is 4.62. The van der Waals surface area contributed by atoms with E-state index >= 15 is 0 Å². The van der Waals surface area contributed by atoms with Gasteiger partial charge in [0.15, 0.2) is 5.13 Å². The Balaban J connectivity index is 1.74. The normalized spacial score (nSPS) is 16.6. The molecule has 2 aromatic rings. The average molecular weight is 359 g/mol. The van der Waals surface area contributed by atoms with Crippen molar-refractivity contribution in [2.45, 2.75) is 45.1 Å². The summed E-state index contributed by atoms with van der Waals surface area (Å²) < 4.78 is 5.30. The first-order valence-corrected chi connectivity index (χ1v) is 9.58. The number of aryl methyl sites for hydroxylation is 2. The van der Waals surface area contributed by atoms with Gasteiger partial charge in [-0.1, -0.05) is 37.6 Å². The van der Waals surface area contributed by atoms with E-state index in [2.05, 4.69) is 41.5 Å². The van der Waals surface area contributed by atoms with E-state index in [1.165, 1.54) is 16.9 Å². The number of carbonyl (C=O) groups is 1. The highest BCUT2D eigenvalue weighted by Crippen LogP contribution is 2.31. The summed E-state index contributed by atoms with van der Waals surface area (Å²) >= 11 is 1.48. The Morgan fingerprint density at radius 3 is 2.64 bits per heavy atom. The lowest BCUT2D eigenvalue weighted by atomic mass is 9.90. The number of thiazole rings is 1. The van der Waals surface area contributed by atoms with Crippen molar-refractivity contribution in [3.63, 3.8) is 0 Å². The molecule has 134 valence electrons. The van der Waals surface area contributed by atoms with E-state index in [0.29, 0.717) is 31.2 Å². The predicted molar refractivity (Wildman–Crippen MR) is 102 cm³/mol. The van der Waals surface area contributed by atoms with Crippen LogP contribution in [0.5, 0.6) is 0 Å². The number of aromatic nitrogens is 1. The molecule has 1 aliphatic heterocycles. The van der Waals surface area contributed by atoms with Gasteiger partial charge in [-0.25, -0.2) is 4.98 Å². The van der Waals surface area contributed by atoms with Crippen molar-refractivity contribution in [2.75, 3.05) is 18.5 Å². The molecule has 3 N–H and O–H groups in total. The summed E-state index contributed by atoms with van der Waals surface area (Å²) in [6.07, 6.45) is 3.29. The fourth-order valence-corrected chi connectivity index (χ4v) is 3.85. The first-order chi connectivity index (χ1) is 12.0. The van der Waals surface area contributed by atoms with Crippen LogP contribution in [0.1, 0.15) is 36.6 Å². The summed E-state index contributed by atoms with van der Waals surface area (Å²) in [5, 5.41) is 3.51. The maximum Gasteiger partial charge on any atom is 0.246 e. The highest BCUT2D eigenvalue weighted by Gasteiger charge is 2.36. The van der Waals surface area contributed by atoms with Gasteiger partial charge in [0.2, 0.25) is 5.91 Å². The molecule has 0 saturated carbocycles. The minimum Gasteiger partial charge on any atom is -0.381 e. The molecular weight excluding hydrogens is 334 g/mol. The van der Waals surface area contributed by atoms with Crippen LogP contribution >= 0.6 is 11.3 Å². The van der Waals surface area contributed by atoms with Gasteiger partial charge in [0.1, 0.15) is 5.54 Å². The second-order valence-electron chi connectivity index (χ2n) is 6.59. The van der Waals surface area contributed by atoms with Gasteiger partial charge < -0.3 is 15.8 Å². The first-order valence-electron chi connectivity index (χ1n) is 8.76. The largest absolute Gasteiger partial charge is 0.381 e. The number of nitrogens with one attached hydrogen (secondary N) is 1. The van der Waals surface area contributed by atoms with Gasteiger partial charge in [-0.05, 0) is 31.7 Å². The second-order valence-corrected chi connectivity index (χ2v) is 7.80. The zero-order valence-corrected chi connectivity index (χ0v) is 15.6. The number of anilines is 1. The quantitative estimate of drug-likeness (QED) is 0.856. The number of benzene rings is 1. The molecule has 1 amide bonds. The number of nitrogens with two attached hydrogens (primary N) is 1. The summed E-state index contributed by atoms with van der Waals surface area (Å²) in [5.74, 6) is -0.172. The Labute approximate surface area is 152 Å². The van der Waals surface area contributed by atoms with Gasteiger partial charge in [-0.2, -0.15) is 0 Å². The molecule has 25 heavy (non-hydrogen) atoms. The van der Waals surface area contributed by atoms with Crippen LogP contribution in [0.2, 0.25) is 0 Å². The Morgan fingerprint density at radius 1 is 1.32 bits per heavy atom. The highest BCUT2D eigenvalue weighted by atomic mass is 32.1. The fraction of sp³-hybridized carbons (Fsp3) is 0.474. The molecule has 1 fully saturated rings. The standard InChI is InChI=1S/C19H25N3O2S/c1-3-4-14-5-7-15(8-6-14)16-13(2)25-18(21-16)22-17(23)19(20)9-11-24-12-10-19/h5-8H,3-4,9-12,20H2,1-2H3,(H,21,22,23). The van der Waals surface area contributed by atoms with Crippen molar-refractivity contribution >= 4 is 22.4 Å². The highest BCUT2D eigenvalue weighted by molar-refractivity contribution is 7.16. The number of carbonyl (C=O) groups excluding carboxylic acids is 1. The van der Waals surface area contributed by atoms with Gasteiger partial charge in [0.05, 0.1) is 5.69 Å². The number of amides is 1. The van der Waals surface area contributed by atoms with Crippen LogP contribution in [0.4, 0.5) is 5.13 Å². The third-order valence-corrected chi connectivity index (χ3v) is 5.51. The lowest BCUT2D eigenvalue weighted by molar-refractivity contribution is -0.124. The van der Waals surface area contributed by atoms with E-state index in [1.807, 2.05) is 6.92 Å². The second kappa shape index (κ2) is 7.64. The molecule has 5 nitrogen and oxygen atoms in total. The Bertz CT molecular complexity index is 734. The molecule has 0 aliphatic carbocycles. The van der Waals surface area contributed by atoms with E-state index in [-0.39, 0.29) is 5.91 Å². The van der Waals surface area contributed by atoms with Crippen molar-refractivity contribution < 1.29 is 9.53 Å². The number of hydrogen-bond acceptors (Lipinski definition) is 5. The molecular formula is C19H25N3O2S. The lowest BCUT2D eigenvalue weighted by Gasteiger charge is -2.31. The molecule has 0 spiro atoms. The Kier molecular flexibility index (Phi) is 5.51. The zero-order chi connectivity index (χ0) is 17.9. The molecule has 1 saturated heterocycles. The summed E-state index contributed by atoms with van der Waals surface area (Å²) in [4.78, 5) is 18.2. The SMILES string of the molecule is CCCc1ccc(-c2nc(NC(=O)C3(N)CCOCC3)sc2C)cc1. The first kappa shape index (κ1) is 18.0. The summed E-state index contributed by atoms with van der Waals surface area (Å²) in [5.41, 5.74) is 8.70. The summed E-state index contributed by atoms with van der Waals surface area (Å²) in [7, 11) is 0. The molecule has 0 atom stereocenters. The Morgan fingerprint density at radius 2 is 2.00 bits per heavy atom. The number of rotatable bonds is 5. The van der Waals surface area contributed by atoms with Crippen LogP contribution in [-0.4, -0.2) is 29.6 Å². The lowest BCUT2D eigenvalue weighted by Crippen LogP contribution is -2.54. The van der Waals surface area contributed by atoms with Crippen LogP contribution in [0.15, 0.2) is 24.3 Å². The molecule has 0 bridgehead atoms. The van der Waals surface area contributed by atoms with Gasteiger partial charge in [-0.15, -0.1) is 11.3 Å². The van der Waals surface area contributed by atoms with Crippen molar-refractivity contribution in [2.24, 2.45) is 5.73 Å². The van der Waals surface area contributed by atoms with Gasteiger partial charge in [0, 0.05) is 23.7 Å².